The van der Waals surface area contributed by atoms with Crippen molar-refractivity contribution in [3.8, 4) is 0 Å². The van der Waals surface area contributed by atoms with Crippen LogP contribution < -0.4 is 5.32 Å². The van der Waals surface area contributed by atoms with E-state index in [0.29, 0.717) is 37.9 Å². The summed E-state index contributed by atoms with van der Waals surface area (Å²) in [4.78, 5) is 15.5. The average Bonchev–Trinajstić information content (AvgIpc) is 2.86. The van der Waals surface area contributed by atoms with Gasteiger partial charge in [0.2, 0.25) is 10.0 Å². The molecule has 0 aliphatic carbocycles. The van der Waals surface area contributed by atoms with Gasteiger partial charge in [0.1, 0.15) is 0 Å². The molecule has 9 heteroatoms. The molecule has 2 fully saturated rings. The summed E-state index contributed by atoms with van der Waals surface area (Å²) in [7, 11) is -3.73. The molecule has 1 amide bonds. The van der Waals surface area contributed by atoms with E-state index in [0.717, 1.165) is 37.9 Å². The lowest BCUT2D eigenvalue weighted by molar-refractivity contribution is 0.0162. The highest BCUT2D eigenvalue weighted by Gasteiger charge is 2.30. The molecule has 2 saturated heterocycles. The summed E-state index contributed by atoms with van der Waals surface area (Å²) >= 11 is 6.49. The van der Waals surface area contributed by atoms with Crippen molar-refractivity contribution in [1.82, 2.24) is 14.5 Å². The Morgan fingerprint density at radius 2 is 1.64 bits per heavy atom. The third-order valence-electron chi connectivity index (χ3n) is 6.27. The van der Waals surface area contributed by atoms with Crippen LogP contribution in [0.2, 0.25) is 5.02 Å². The number of hydrogen-bond donors (Lipinski definition) is 1. The molecule has 1 atom stereocenters. The number of rotatable bonds is 7. The zero-order valence-corrected chi connectivity index (χ0v) is 20.2. The van der Waals surface area contributed by atoms with Crippen LogP contribution in [0.5, 0.6) is 0 Å². The molecule has 2 aliphatic rings. The standard InChI is InChI=1S/C24H30ClN3O4S/c25-21-10-4-2-8-19(21)22(27-14-16-32-17-15-27)18-26-24(29)20-9-3-5-11-23(20)33(30,31)28-12-6-1-7-13-28/h2-5,8-11,22H,1,6-7,12-18H2,(H,26,29). The van der Waals surface area contributed by atoms with Gasteiger partial charge in [0.25, 0.3) is 5.91 Å². The van der Waals surface area contributed by atoms with Crippen LogP contribution in [0.1, 0.15) is 41.2 Å². The van der Waals surface area contributed by atoms with E-state index < -0.39 is 15.9 Å². The Labute approximate surface area is 200 Å². The Morgan fingerprint density at radius 1 is 0.970 bits per heavy atom. The van der Waals surface area contributed by atoms with Crippen LogP contribution in [-0.4, -0.2) is 69.5 Å². The molecule has 33 heavy (non-hydrogen) atoms. The summed E-state index contributed by atoms with van der Waals surface area (Å²) < 4.78 is 33.5. The predicted octanol–water partition coefficient (Wildman–Crippen LogP) is 3.32. The van der Waals surface area contributed by atoms with Crippen molar-refractivity contribution in [2.24, 2.45) is 0 Å². The van der Waals surface area contributed by atoms with Crippen LogP contribution >= 0.6 is 11.6 Å². The molecule has 2 aromatic carbocycles. The first-order valence-electron chi connectivity index (χ1n) is 11.4. The highest BCUT2D eigenvalue weighted by molar-refractivity contribution is 7.89. The Hall–Kier alpha value is -1.97. The maximum absolute atomic E-state index is 13.3. The largest absolute Gasteiger partial charge is 0.379 e. The minimum atomic E-state index is -3.73. The molecule has 0 bridgehead atoms. The van der Waals surface area contributed by atoms with Crippen LogP contribution in [0.3, 0.4) is 0 Å². The van der Waals surface area contributed by atoms with Crippen LogP contribution in [0.15, 0.2) is 53.4 Å². The summed E-state index contributed by atoms with van der Waals surface area (Å²) in [5, 5.41) is 3.61. The highest BCUT2D eigenvalue weighted by Crippen LogP contribution is 2.28. The van der Waals surface area contributed by atoms with Crippen molar-refractivity contribution in [2.75, 3.05) is 45.9 Å². The number of sulfonamides is 1. The smallest absolute Gasteiger partial charge is 0.252 e. The zero-order chi connectivity index (χ0) is 23.3. The number of hydrogen-bond acceptors (Lipinski definition) is 5. The molecule has 2 heterocycles. The number of carbonyl (C=O) groups excluding carboxylic acids is 1. The first kappa shape index (κ1) is 24.2. The molecule has 1 N–H and O–H groups in total. The molecule has 2 aromatic rings. The van der Waals surface area contributed by atoms with Crippen molar-refractivity contribution >= 4 is 27.5 Å². The number of benzene rings is 2. The minimum absolute atomic E-state index is 0.0602. The number of ether oxygens (including phenoxy) is 1. The fourth-order valence-electron chi connectivity index (χ4n) is 4.48. The number of nitrogens with one attached hydrogen (secondary N) is 1. The summed E-state index contributed by atoms with van der Waals surface area (Å²) in [6, 6.07) is 13.9. The van der Waals surface area contributed by atoms with E-state index in [1.165, 1.54) is 10.4 Å². The molecule has 4 rings (SSSR count). The normalized spacial score (nSPS) is 19.2. The van der Waals surface area contributed by atoms with Crippen molar-refractivity contribution < 1.29 is 17.9 Å². The van der Waals surface area contributed by atoms with Gasteiger partial charge in [0.05, 0.1) is 29.7 Å². The first-order valence-corrected chi connectivity index (χ1v) is 13.2. The number of nitrogens with zero attached hydrogens (tertiary/aromatic N) is 2. The number of amides is 1. The van der Waals surface area contributed by atoms with Crippen molar-refractivity contribution in [2.45, 2.75) is 30.2 Å². The fraction of sp³-hybridized carbons (Fsp3) is 0.458. The Bertz CT molecular complexity index is 1070. The van der Waals surface area contributed by atoms with Gasteiger partial charge in [-0.25, -0.2) is 8.42 Å². The lowest BCUT2D eigenvalue weighted by Crippen LogP contribution is -2.44. The third-order valence-corrected chi connectivity index (χ3v) is 8.57. The van der Waals surface area contributed by atoms with E-state index in [1.54, 1.807) is 18.2 Å². The van der Waals surface area contributed by atoms with Gasteiger partial charge in [-0.3, -0.25) is 9.69 Å². The quantitative estimate of drug-likeness (QED) is 0.642. The molecule has 0 saturated carbocycles. The number of morpholine rings is 1. The van der Waals surface area contributed by atoms with Gasteiger partial charge in [0.15, 0.2) is 0 Å². The fourth-order valence-corrected chi connectivity index (χ4v) is 6.45. The molecule has 0 spiro atoms. The van der Waals surface area contributed by atoms with E-state index in [-0.39, 0.29) is 16.5 Å². The van der Waals surface area contributed by atoms with E-state index in [9.17, 15) is 13.2 Å². The second-order valence-corrected chi connectivity index (χ2v) is 10.7. The van der Waals surface area contributed by atoms with E-state index in [4.69, 9.17) is 16.3 Å². The van der Waals surface area contributed by atoms with E-state index >= 15 is 0 Å². The van der Waals surface area contributed by atoms with Gasteiger partial charge in [-0.1, -0.05) is 48.4 Å². The van der Waals surface area contributed by atoms with Crippen molar-refractivity contribution in [3.63, 3.8) is 0 Å². The number of halogens is 1. The molecular weight excluding hydrogens is 462 g/mol. The van der Waals surface area contributed by atoms with Crippen LogP contribution in [0, 0.1) is 0 Å². The van der Waals surface area contributed by atoms with Gasteiger partial charge in [-0.15, -0.1) is 0 Å². The monoisotopic (exact) mass is 491 g/mol. The number of carbonyl (C=O) groups is 1. The molecule has 7 nitrogen and oxygen atoms in total. The van der Waals surface area contributed by atoms with Gasteiger partial charge in [-0.2, -0.15) is 4.31 Å². The van der Waals surface area contributed by atoms with Crippen molar-refractivity contribution in [3.05, 3.63) is 64.7 Å². The maximum Gasteiger partial charge on any atom is 0.252 e. The molecule has 178 valence electrons. The minimum Gasteiger partial charge on any atom is -0.379 e. The van der Waals surface area contributed by atoms with Crippen molar-refractivity contribution in [1.29, 1.82) is 0 Å². The summed E-state index contributed by atoms with van der Waals surface area (Å²) in [5.74, 6) is -0.406. The topological polar surface area (TPSA) is 79.0 Å². The second kappa shape index (κ2) is 11.0. The third kappa shape index (κ3) is 5.58. The predicted molar refractivity (Wildman–Crippen MR) is 128 cm³/mol. The van der Waals surface area contributed by atoms with Crippen LogP contribution in [0.25, 0.3) is 0 Å². The summed E-state index contributed by atoms with van der Waals surface area (Å²) in [5.41, 5.74) is 1.10. The Morgan fingerprint density at radius 3 is 2.36 bits per heavy atom. The number of piperidine rings is 1. The second-order valence-electron chi connectivity index (χ2n) is 8.36. The zero-order valence-electron chi connectivity index (χ0n) is 18.6. The lowest BCUT2D eigenvalue weighted by atomic mass is 10.0. The average molecular weight is 492 g/mol. The van der Waals surface area contributed by atoms with E-state index in [1.807, 2.05) is 24.3 Å². The molecule has 0 aromatic heterocycles. The molecule has 0 radical (unpaired) electrons. The lowest BCUT2D eigenvalue weighted by Gasteiger charge is -2.35. The molecular formula is C24H30ClN3O4S. The summed E-state index contributed by atoms with van der Waals surface area (Å²) in [6.07, 6.45) is 2.71. The highest BCUT2D eigenvalue weighted by atomic mass is 35.5. The Balaban J connectivity index is 1.55. The van der Waals surface area contributed by atoms with Crippen LogP contribution in [0.4, 0.5) is 0 Å². The Kier molecular flexibility index (Phi) is 8.03. The van der Waals surface area contributed by atoms with Crippen LogP contribution in [-0.2, 0) is 14.8 Å². The SMILES string of the molecule is O=C(NCC(c1ccccc1Cl)N1CCOCC1)c1ccccc1S(=O)(=O)N1CCCCC1. The summed E-state index contributed by atoms with van der Waals surface area (Å²) in [6.45, 7) is 3.98. The first-order chi connectivity index (χ1) is 16.0. The van der Waals surface area contributed by atoms with Gasteiger partial charge < -0.3 is 10.1 Å². The van der Waals surface area contributed by atoms with Gasteiger partial charge in [0, 0.05) is 37.7 Å². The van der Waals surface area contributed by atoms with Gasteiger partial charge >= 0.3 is 0 Å². The maximum atomic E-state index is 13.3. The van der Waals surface area contributed by atoms with Gasteiger partial charge in [-0.05, 0) is 36.6 Å². The molecule has 1 unspecified atom stereocenters. The molecule has 2 aliphatic heterocycles. The van der Waals surface area contributed by atoms with E-state index in [2.05, 4.69) is 10.2 Å².